The standard InChI is InChI=1S/C44H62O8.C41H54F2O5.C38H48F2O6/c1-3-4-7-28-46-33-37-14-16-38(17-15-37)34-50-43-26-20-40(21-27-43)44(45)49-31-8-5-6-9-32-51-52-35-39-18-24-42(25-19-39)48-30-11-10-29-47-41-22-12-36(2)13-23-41;1-3-5-7-9-11-25-45-35-19-21-36(22-20-35)47-28-12-27-46-34-17-13-31(14-18-34)32-15-23-37(39(42)29-32)33-16-24-38(40(43)30-33)41(44)48-26-10-8-6-4-2;1-3-4-21-42-24-25-44-32-15-17-33(18-16-32)46-38(41)34-19-11-29(26-35(34)39)30-12-20-37(36(40)27-30)45-23-8-6-5-7-22-43-31-13-9-28(2)10-14-31/h12-13,18-27,37-38H,3-11,14-17,28-35H2,1-2H3;13-18,23-24,29-30,35-36H,3-12,19-22,25-28H2,1-2H3;9-14,19-20,26-27,32-33H,3-8,15-18,21-25H2,1-2H3. The number of hydrogen-bond acceptors (Lipinski definition) is 19. The molecule has 0 saturated heterocycles. The summed E-state index contributed by atoms with van der Waals surface area (Å²) in [6.07, 6.45) is 38.6. The molecule has 0 amide bonds. The zero-order valence-electron chi connectivity index (χ0n) is 87.9. The minimum atomic E-state index is -0.729. The summed E-state index contributed by atoms with van der Waals surface area (Å²) in [5.41, 5.74) is 6.84. The fourth-order valence-electron chi connectivity index (χ4n) is 17.6. The van der Waals surface area contributed by atoms with Gasteiger partial charge in [-0.25, -0.2) is 41.7 Å². The van der Waals surface area contributed by atoms with Gasteiger partial charge in [-0.15, -0.1) is 0 Å². The zero-order chi connectivity index (χ0) is 103. The van der Waals surface area contributed by atoms with Gasteiger partial charge in [-0.1, -0.05) is 188 Å². The van der Waals surface area contributed by atoms with Crippen LogP contribution in [0.5, 0.6) is 34.5 Å². The monoisotopic (exact) mass is 2020 g/mol. The number of ether oxygens (including phenoxy) is 14. The summed E-state index contributed by atoms with van der Waals surface area (Å²) in [4.78, 5) is 48.2. The van der Waals surface area contributed by atoms with E-state index >= 15 is 4.39 Å². The van der Waals surface area contributed by atoms with Crippen molar-refractivity contribution < 1.29 is 108 Å². The second-order valence-electron chi connectivity index (χ2n) is 38.8. The second kappa shape index (κ2) is 70.5. The summed E-state index contributed by atoms with van der Waals surface area (Å²) in [5, 5.41) is 0. The van der Waals surface area contributed by atoms with Gasteiger partial charge in [-0.2, -0.15) is 0 Å². The van der Waals surface area contributed by atoms with E-state index in [-0.39, 0.29) is 47.2 Å². The molecule has 0 aliphatic heterocycles. The molecule has 9 aromatic rings. The molecule has 0 radical (unpaired) electrons. The molecule has 12 rings (SSSR count). The van der Waals surface area contributed by atoms with Gasteiger partial charge in [-0.05, 0) is 335 Å². The van der Waals surface area contributed by atoms with E-state index in [2.05, 4.69) is 46.8 Å². The van der Waals surface area contributed by atoms with Crippen LogP contribution in [0.4, 0.5) is 17.6 Å². The van der Waals surface area contributed by atoms with Crippen LogP contribution in [-0.4, -0.2) is 148 Å². The summed E-state index contributed by atoms with van der Waals surface area (Å²) in [6, 6.07) is 56.6. The summed E-state index contributed by atoms with van der Waals surface area (Å²) in [6.45, 7) is 23.3. The van der Waals surface area contributed by atoms with Crippen LogP contribution in [0.25, 0.3) is 33.4 Å². The van der Waals surface area contributed by atoms with Gasteiger partial charge in [0.2, 0.25) is 0 Å². The molecule has 0 aromatic heterocycles. The van der Waals surface area contributed by atoms with E-state index in [0.29, 0.717) is 137 Å². The Balaban J connectivity index is 0.000000225. The third kappa shape index (κ3) is 46.2. The van der Waals surface area contributed by atoms with Crippen molar-refractivity contribution in [2.45, 2.75) is 310 Å². The van der Waals surface area contributed by atoms with Crippen LogP contribution in [0, 0.1) is 49.0 Å². The maximum absolute atomic E-state index is 15.2. The Labute approximate surface area is 867 Å². The van der Waals surface area contributed by atoms with Crippen LogP contribution in [-0.2, 0) is 54.3 Å². The number of unbranched alkanes of at least 4 members (excludes halogenated alkanes) is 17. The van der Waals surface area contributed by atoms with Crippen LogP contribution in [0.1, 0.15) is 313 Å². The van der Waals surface area contributed by atoms with Gasteiger partial charge in [0, 0.05) is 38.4 Å². The van der Waals surface area contributed by atoms with Crippen LogP contribution in [0.2, 0.25) is 0 Å². The number of benzene rings is 9. The van der Waals surface area contributed by atoms with Crippen molar-refractivity contribution in [2.75, 3.05) is 106 Å². The van der Waals surface area contributed by atoms with Crippen LogP contribution >= 0.6 is 0 Å². The first kappa shape index (κ1) is 118. The molecule has 0 heterocycles. The maximum atomic E-state index is 15.2. The highest BCUT2D eigenvalue weighted by Gasteiger charge is 2.29. The molecule has 3 aliphatic carbocycles. The molecule has 146 heavy (non-hydrogen) atoms. The van der Waals surface area contributed by atoms with E-state index in [9.17, 15) is 27.6 Å². The highest BCUT2D eigenvalue weighted by Crippen LogP contribution is 2.36. The number of hydrogen-bond donors (Lipinski definition) is 0. The molecule has 19 nitrogen and oxygen atoms in total. The fourth-order valence-corrected chi connectivity index (χ4v) is 17.6. The molecule has 9 aromatic carbocycles. The minimum absolute atomic E-state index is 0.123. The van der Waals surface area contributed by atoms with E-state index in [1.807, 2.05) is 104 Å². The maximum Gasteiger partial charge on any atom is 0.341 e. The van der Waals surface area contributed by atoms with Gasteiger partial charge >= 0.3 is 17.9 Å². The normalized spacial score (nSPS) is 16.0. The average molecular weight is 2020 g/mol. The van der Waals surface area contributed by atoms with E-state index in [4.69, 9.17) is 76.1 Å². The number of rotatable bonds is 67. The SMILES string of the molecule is CCCCCCCOC1CCC(OCCCOc2ccc(-c3ccc(-c4ccc(C(=O)OCCCCCC)c(F)c4)c(F)c3)cc2)CC1.CCCCCOCC1CCC(COc2ccc(C(=O)OCCCCCCOOCc3ccc(OCCCCOc4ccc(C)cc4)cc3)cc2)CC1.CCCCOCCOC1CCC(OC(=O)c2ccc(-c3ccc(OCCCCCCOc4ccc(C)cc4)c(F)c3)cc2F)CC1. The van der Waals surface area contributed by atoms with E-state index in [0.717, 1.165) is 221 Å². The third-order valence-electron chi connectivity index (χ3n) is 26.7. The average Bonchev–Trinajstić information content (AvgIpc) is 0.804. The van der Waals surface area contributed by atoms with Crippen molar-refractivity contribution in [3.63, 3.8) is 0 Å². The molecular weight excluding hydrogens is 1860 g/mol. The lowest BCUT2D eigenvalue weighted by Crippen LogP contribution is -2.29. The van der Waals surface area contributed by atoms with E-state index in [1.54, 1.807) is 48.5 Å². The molecular formula is C123H164F4O19. The summed E-state index contributed by atoms with van der Waals surface area (Å²) in [7, 11) is 0. The second-order valence-corrected chi connectivity index (χ2v) is 38.8. The third-order valence-corrected chi connectivity index (χ3v) is 26.7. The first-order valence-electron chi connectivity index (χ1n) is 54.7. The highest BCUT2D eigenvalue weighted by atomic mass is 19.1. The van der Waals surface area contributed by atoms with Gasteiger partial charge in [0.25, 0.3) is 0 Å². The number of esters is 3. The number of aryl methyl sites for hydroxylation is 2. The van der Waals surface area contributed by atoms with Gasteiger partial charge in [-0.3, -0.25) is 0 Å². The molecule has 0 bridgehead atoms. The lowest BCUT2D eigenvalue weighted by molar-refractivity contribution is -0.304. The van der Waals surface area contributed by atoms with Gasteiger partial charge in [0.1, 0.15) is 58.9 Å². The minimum Gasteiger partial charge on any atom is -0.494 e. The molecule has 3 fully saturated rings. The van der Waals surface area contributed by atoms with Crippen molar-refractivity contribution in [1.82, 2.24) is 0 Å². The Morgan fingerprint density at radius 1 is 0.274 bits per heavy atom. The summed E-state index contributed by atoms with van der Waals surface area (Å²) in [5.74, 6) is 1.51. The van der Waals surface area contributed by atoms with Crippen molar-refractivity contribution in [3.8, 4) is 67.9 Å². The lowest BCUT2D eigenvalue weighted by Gasteiger charge is -2.28. The fraction of sp³-hybridized carbons (Fsp3) is 0.537. The Hall–Kier alpha value is -10.4. The quantitative estimate of drug-likeness (QED) is 0.00869. The topological polar surface area (TPSA) is 199 Å². The predicted octanol–water partition coefficient (Wildman–Crippen LogP) is 30.9. The molecule has 0 atom stereocenters. The first-order chi connectivity index (χ1) is 71.5. The highest BCUT2D eigenvalue weighted by molar-refractivity contribution is 5.92. The molecule has 0 N–H and O–H groups in total. The van der Waals surface area contributed by atoms with E-state index in [1.165, 1.54) is 125 Å². The number of carbonyl (C=O) groups is 3. The molecule has 3 saturated carbocycles. The van der Waals surface area contributed by atoms with Crippen molar-refractivity contribution in [1.29, 1.82) is 0 Å². The molecule has 798 valence electrons. The van der Waals surface area contributed by atoms with Gasteiger partial charge in [0.15, 0.2) is 11.6 Å². The molecule has 23 heteroatoms. The Morgan fingerprint density at radius 2 is 0.658 bits per heavy atom. The van der Waals surface area contributed by atoms with Crippen molar-refractivity contribution >= 4 is 17.9 Å². The number of carbonyl (C=O) groups excluding carboxylic acids is 3. The smallest absolute Gasteiger partial charge is 0.341 e. The van der Waals surface area contributed by atoms with E-state index < -0.39 is 35.2 Å². The Bertz CT molecular complexity index is 5040. The van der Waals surface area contributed by atoms with Gasteiger partial charge < -0.3 is 66.3 Å². The Morgan fingerprint density at radius 3 is 1.21 bits per heavy atom. The van der Waals surface area contributed by atoms with Gasteiger partial charge in [0.05, 0.1) is 114 Å². The van der Waals surface area contributed by atoms with Crippen molar-refractivity contribution in [2.24, 2.45) is 11.8 Å². The lowest BCUT2D eigenvalue weighted by atomic mass is 9.83. The predicted molar refractivity (Wildman–Crippen MR) is 569 cm³/mol. The molecule has 0 unspecified atom stereocenters. The van der Waals surface area contributed by atoms with Crippen LogP contribution in [0.3, 0.4) is 0 Å². The van der Waals surface area contributed by atoms with Crippen LogP contribution < -0.4 is 28.4 Å². The number of halogens is 4. The van der Waals surface area contributed by atoms with Crippen LogP contribution in [0.15, 0.2) is 194 Å². The molecule has 0 spiro atoms. The van der Waals surface area contributed by atoms with Crippen molar-refractivity contribution in [3.05, 3.63) is 251 Å². The Kier molecular flexibility index (Phi) is 56.8. The molecule has 3 aliphatic rings. The first-order valence-corrected chi connectivity index (χ1v) is 54.7. The summed E-state index contributed by atoms with van der Waals surface area (Å²) < 4.78 is 141. The largest absolute Gasteiger partial charge is 0.494 e. The summed E-state index contributed by atoms with van der Waals surface area (Å²) >= 11 is 0. The zero-order valence-corrected chi connectivity index (χ0v) is 87.9.